The molecule has 0 radical (unpaired) electrons. The molecule has 9 nitrogen and oxygen atoms in total. The number of fused-ring (bicyclic) bond motifs is 1. The third-order valence-electron chi connectivity index (χ3n) is 7.50. The van der Waals surface area contributed by atoms with E-state index in [-0.39, 0.29) is 16.6 Å². The summed E-state index contributed by atoms with van der Waals surface area (Å²) in [5, 5.41) is 10.6. The van der Waals surface area contributed by atoms with E-state index in [0.717, 1.165) is 24.0 Å². The second kappa shape index (κ2) is 11.8. The standard InChI is InChI=1S/C33H29N3O6S/c1-39-31-11-9-23(19-32(31)40-2)29-20-28-27(12-15-35-33(28)36(29)43(37,38)26-6-4-3-5-7-26)22-8-10-30(24(18-22)21-34)42-25-13-16-41-17-14-25/h3-12,15,18-20,25H,13-14,16-17H2,1-2H3. The normalized spacial score (nSPS) is 13.9. The number of nitriles is 1. The predicted molar refractivity (Wildman–Crippen MR) is 162 cm³/mol. The maximum Gasteiger partial charge on any atom is 0.269 e. The molecule has 6 rings (SSSR count). The van der Waals surface area contributed by atoms with Crippen LogP contribution in [0.2, 0.25) is 0 Å². The fraction of sp³-hybridized carbons (Fsp3) is 0.212. The summed E-state index contributed by atoms with van der Waals surface area (Å²) in [6, 6.07) is 24.8. The lowest BCUT2D eigenvalue weighted by Gasteiger charge is -2.23. The first-order valence-electron chi connectivity index (χ1n) is 13.8. The molecule has 10 heteroatoms. The number of hydrogen-bond donors (Lipinski definition) is 0. The lowest BCUT2D eigenvalue weighted by molar-refractivity contribution is 0.0254. The lowest BCUT2D eigenvalue weighted by atomic mass is 10.0. The molecule has 0 unspecified atom stereocenters. The van der Waals surface area contributed by atoms with Crippen LogP contribution in [0.3, 0.4) is 0 Å². The van der Waals surface area contributed by atoms with Gasteiger partial charge in [-0.15, -0.1) is 0 Å². The van der Waals surface area contributed by atoms with Gasteiger partial charge in [0.1, 0.15) is 17.9 Å². The van der Waals surface area contributed by atoms with Crippen molar-refractivity contribution in [1.29, 1.82) is 5.26 Å². The third-order valence-corrected chi connectivity index (χ3v) is 9.21. The molecule has 0 atom stereocenters. The quantitative estimate of drug-likeness (QED) is 0.213. The molecule has 3 aromatic carbocycles. The van der Waals surface area contributed by atoms with E-state index in [1.165, 1.54) is 11.1 Å². The van der Waals surface area contributed by atoms with Crippen molar-refractivity contribution in [3.63, 3.8) is 0 Å². The van der Waals surface area contributed by atoms with Crippen LogP contribution >= 0.6 is 0 Å². The van der Waals surface area contributed by atoms with Crippen LogP contribution < -0.4 is 14.2 Å². The van der Waals surface area contributed by atoms with Crippen molar-refractivity contribution >= 4 is 21.1 Å². The van der Waals surface area contributed by atoms with Crippen LogP contribution in [-0.4, -0.2) is 50.9 Å². The molecule has 0 saturated carbocycles. The van der Waals surface area contributed by atoms with Crippen molar-refractivity contribution in [2.24, 2.45) is 0 Å². The molecular formula is C33H29N3O6S. The number of hydrogen-bond acceptors (Lipinski definition) is 8. The molecule has 0 spiro atoms. The van der Waals surface area contributed by atoms with Gasteiger partial charge in [0, 0.05) is 30.0 Å². The highest BCUT2D eigenvalue weighted by atomic mass is 32.2. The van der Waals surface area contributed by atoms with Gasteiger partial charge in [-0.1, -0.05) is 24.3 Å². The van der Waals surface area contributed by atoms with Crippen LogP contribution in [0.4, 0.5) is 0 Å². The van der Waals surface area contributed by atoms with E-state index in [4.69, 9.17) is 18.9 Å². The van der Waals surface area contributed by atoms with Crippen LogP contribution in [-0.2, 0) is 14.8 Å². The maximum atomic E-state index is 14.2. The van der Waals surface area contributed by atoms with Gasteiger partial charge in [-0.05, 0) is 65.7 Å². The molecule has 0 aliphatic carbocycles. The van der Waals surface area contributed by atoms with Crippen LogP contribution in [0, 0.1) is 11.3 Å². The number of pyridine rings is 1. The summed E-state index contributed by atoms with van der Waals surface area (Å²) in [5.41, 5.74) is 3.11. The summed E-state index contributed by atoms with van der Waals surface area (Å²) in [6.07, 6.45) is 3.09. The van der Waals surface area contributed by atoms with Crippen molar-refractivity contribution in [2.45, 2.75) is 23.8 Å². The molecule has 1 aliphatic rings. The van der Waals surface area contributed by atoms with Gasteiger partial charge in [0.2, 0.25) is 0 Å². The average Bonchev–Trinajstić information content (AvgIpc) is 3.46. The Hall–Kier alpha value is -4.85. The van der Waals surface area contributed by atoms with Crippen molar-refractivity contribution in [3.8, 4) is 45.7 Å². The summed E-state index contributed by atoms with van der Waals surface area (Å²) in [6.45, 7) is 1.26. The molecule has 1 fully saturated rings. The summed E-state index contributed by atoms with van der Waals surface area (Å²) in [4.78, 5) is 4.67. The molecular weight excluding hydrogens is 566 g/mol. The zero-order valence-corrected chi connectivity index (χ0v) is 24.5. The largest absolute Gasteiger partial charge is 0.493 e. The zero-order valence-electron chi connectivity index (χ0n) is 23.7. The van der Waals surface area contributed by atoms with E-state index in [0.29, 0.717) is 52.7 Å². The van der Waals surface area contributed by atoms with Gasteiger partial charge in [-0.3, -0.25) is 0 Å². The highest BCUT2D eigenvalue weighted by Crippen LogP contribution is 2.40. The van der Waals surface area contributed by atoms with Gasteiger partial charge in [-0.2, -0.15) is 5.26 Å². The molecule has 43 heavy (non-hydrogen) atoms. The van der Waals surface area contributed by atoms with E-state index in [1.807, 2.05) is 12.1 Å². The molecule has 3 heterocycles. The smallest absolute Gasteiger partial charge is 0.269 e. The second-order valence-corrected chi connectivity index (χ2v) is 11.8. The molecule has 2 aromatic heterocycles. The van der Waals surface area contributed by atoms with Crippen LogP contribution in [0.25, 0.3) is 33.4 Å². The van der Waals surface area contributed by atoms with Gasteiger partial charge in [0.15, 0.2) is 17.1 Å². The van der Waals surface area contributed by atoms with Crippen LogP contribution in [0.15, 0.2) is 90.0 Å². The third kappa shape index (κ3) is 5.29. The highest BCUT2D eigenvalue weighted by molar-refractivity contribution is 7.90. The number of ether oxygens (including phenoxy) is 4. The minimum Gasteiger partial charge on any atom is -0.493 e. The molecule has 1 saturated heterocycles. The Morgan fingerprint density at radius 3 is 2.33 bits per heavy atom. The monoisotopic (exact) mass is 595 g/mol. The fourth-order valence-corrected chi connectivity index (χ4v) is 6.83. The topological polar surface area (TPSA) is 113 Å². The Bertz CT molecular complexity index is 1940. The fourth-order valence-electron chi connectivity index (χ4n) is 5.33. The minimum absolute atomic E-state index is 0.0133. The van der Waals surface area contributed by atoms with E-state index >= 15 is 0 Å². The maximum absolute atomic E-state index is 14.2. The SMILES string of the molecule is COc1ccc(-c2cc3c(-c4ccc(OC5CCOCC5)c(C#N)c4)ccnc3n2S(=O)(=O)c2ccccc2)cc1OC. The van der Waals surface area contributed by atoms with E-state index in [2.05, 4.69) is 11.1 Å². The average molecular weight is 596 g/mol. The number of aromatic nitrogens is 2. The van der Waals surface area contributed by atoms with Gasteiger partial charge in [0.25, 0.3) is 10.0 Å². The van der Waals surface area contributed by atoms with Gasteiger partial charge in [-0.25, -0.2) is 17.4 Å². The van der Waals surface area contributed by atoms with Crippen molar-refractivity contribution < 1.29 is 27.4 Å². The molecule has 0 amide bonds. The molecule has 218 valence electrons. The summed E-state index contributed by atoms with van der Waals surface area (Å²) >= 11 is 0. The number of nitrogens with zero attached hydrogens (tertiary/aromatic N) is 3. The first-order chi connectivity index (χ1) is 20.9. The van der Waals surface area contributed by atoms with Gasteiger partial charge < -0.3 is 18.9 Å². The number of methoxy groups -OCH3 is 2. The first-order valence-corrected chi connectivity index (χ1v) is 15.2. The summed E-state index contributed by atoms with van der Waals surface area (Å²) in [7, 11) is -1.00. The molecule has 5 aromatic rings. The Morgan fingerprint density at radius 2 is 1.60 bits per heavy atom. The Morgan fingerprint density at radius 1 is 0.884 bits per heavy atom. The Labute approximate surface area is 249 Å². The summed E-state index contributed by atoms with van der Waals surface area (Å²) in [5.74, 6) is 1.49. The van der Waals surface area contributed by atoms with Crippen molar-refractivity contribution in [3.05, 3.63) is 90.6 Å². The van der Waals surface area contributed by atoms with Gasteiger partial charge in [0.05, 0.1) is 43.6 Å². The summed E-state index contributed by atoms with van der Waals surface area (Å²) < 4.78 is 52.1. The highest BCUT2D eigenvalue weighted by Gasteiger charge is 2.27. The van der Waals surface area contributed by atoms with E-state index in [9.17, 15) is 13.7 Å². The van der Waals surface area contributed by atoms with Crippen LogP contribution in [0.5, 0.6) is 17.2 Å². The predicted octanol–water partition coefficient (Wildman–Crippen LogP) is 6.05. The Kier molecular flexibility index (Phi) is 7.76. The molecule has 1 aliphatic heterocycles. The number of rotatable bonds is 8. The first kappa shape index (κ1) is 28.3. The minimum atomic E-state index is -4.07. The lowest BCUT2D eigenvalue weighted by Crippen LogP contribution is -2.26. The van der Waals surface area contributed by atoms with E-state index in [1.54, 1.807) is 80.0 Å². The Balaban J connectivity index is 1.54. The van der Waals surface area contributed by atoms with E-state index < -0.39 is 10.0 Å². The molecule has 0 N–H and O–H groups in total. The number of benzene rings is 3. The van der Waals surface area contributed by atoms with Crippen LogP contribution in [0.1, 0.15) is 18.4 Å². The van der Waals surface area contributed by atoms with Gasteiger partial charge >= 0.3 is 0 Å². The second-order valence-electron chi connectivity index (χ2n) is 10.0. The zero-order chi connectivity index (χ0) is 30.0. The van der Waals surface area contributed by atoms with Crippen molar-refractivity contribution in [2.75, 3.05) is 27.4 Å². The van der Waals surface area contributed by atoms with Crippen molar-refractivity contribution in [1.82, 2.24) is 8.96 Å². The molecule has 0 bridgehead atoms.